The Hall–Kier alpha value is -3.86. The quantitative estimate of drug-likeness (QED) is 0.226. The van der Waals surface area contributed by atoms with E-state index in [0.29, 0.717) is 12.2 Å². The van der Waals surface area contributed by atoms with Gasteiger partial charge in [-0.2, -0.15) is 0 Å². The zero-order valence-electron chi connectivity index (χ0n) is 19.6. The molecule has 4 aromatic rings. The second-order valence-electron chi connectivity index (χ2n) is 8.33. The van der Waals surface area contributed by atoms with Gasteiger partial charge in [-0.3, -0.25) is 14.2 Å². The smallest absolute Gasteiger partial charge is 0.310 e. The van der Waals surface area contributed by atoms with E-state index >= 15 is 0 Å². The normalized spacial score (nSPS) is 10.9. The Morgan fingerprint density at radius 1 is 0.912 bits per heavy atom. The van der Waals surface area contributed by atoms with Crippen LogP contribution in [0.25, 0.3) is 10.9 Å². The van der Waals surface area contributed by atoms with Crippen LogP contribution in [0.15, 0.2) is 78.9 Å². The van der Waals surface area contributed by atoms with Gasteiger partial charge in [0, 0.05) is 16.6 Å². The van der Waals surface area contributed by atoms with Crippen LogP contribution in [0.2, 0.25) is 0 Å². The molecule has 4 rings (SSSR count). The summed E-state index contributed by atoms with van der Waals surface area (Å²) in [5.41, 5.74) is 3.96. The lowest BCUT2D eigenvalue weighted by molar-refractivity contribution is -0.144. The summed E-state index contributed by atoms with van der Waals surface area (Å²) in [6.45, 7) is 4.93. The Bertz CT molecular complexity index is 1270. The first-order chi connectivity index (χ1) is 16.6. The van der Waals surface area contributed by atoms with Crippen LogP contribution >= 0.6 is 0 Å². The Balaban J connectivity index is 1.51. The summed E-state index contributed by atoms with van der Waals surface area (Å²) in [5, 5.41) is 0.879. The van der Waals surface area contributed by atoms with Crippen LogP contribution in [-0.4, -0.2) is 23.1 Å². The summed E-state index contributed by atoms with van der Waals surface area (Å²) in [5.74, 6) is 0.346. The minimum atomic E-state index is -0.299. The second-order valence-corrected chi connectivity index (χ2v) is 8.33. The van der Waals surface area contributed by atoms with Crippen molar-refractivity contribution in [3.05, 3.63) is 101 Å². The van der Waals surface area contributed by atoms with E-state index in [-0.39, 0.29) is 24.9 Å². The minimum Gasteiger partial charge on any atom is -0.494 e. The number of benzene rings is 3. The number of unbranched alkanes of at least 4 members (excludes halogenated alkanes) is 1. The molecule has 0 radical (unpaired) electrons. The number of aromatic nitrogens is 1. The van der Waals surface area contributed by atoms with E-state index in [4.69, 9.17) is 9.47 Å². The highest BCUT2D eigenvalue weighted by Crippen LogP contribution is 2.26. The summed E-state index contributed by atoms with van der Waals surface area (Å²) in [6.07, 6.45) is 2.21. The van der Waals surface area contributed by atoms with Crippen molar-refractivity contribution >= 4 is 22.8 Å². The van der Waals surface area contributed by atoms with Gasteiger partial charge in [0.25, 0.3) is 5.91 Å². The number of nitrogens with zero attached hydrogens (tertiary/aromatic N) is 1. The van der Waals surface area contributed by atoms with Crippen LogP contribution in [0.3, 0.4) is 0 Å². The van der Waals surface area contributed by atoms with Gasteiger partial charge < -0.3 is 9.47 Å². The lowest BCUT2D eigenvalue weighted by atomic mass is 10.1. The van der Waals surface area contributed by atoms with Gasteiger partial charge in [-0.1, -0.05) is 55.8 Å². The standard InChI is InChI=1S/C29H29NO4/c1-3-4-17-33-25-15-13-23(14-16-25)29(32)30-21(2)18-26-24(11-8-12-27(26)30)19-28(31)34-20-22-9-6-5-7-10-22/h5-16,18H,3-4,17,19-20H2,1-2H3. The first-order valence-electron chi connectivity index (χ1n) is 11.6. The highest BCUT2D eigenvalue weighted by molar-refractivity contribution is 6.04. The number of carbonyl (C=O) groups is 2. The molecule has 0 atom stereocenters. The maximum atomic E-state index is 13.3. The Morgan fingerprint density at radius 2 is 1.68 bits per heavy atom. The molecule has 0 unspecified atom stereocenters. The molecule has 0 aliphatic heterocycles. The largest absolute Gasteiger partial charge is 0.494 e. The molecule has 0 spiro atoms. The molecule has 0 fully saturated rings. The van der Waals surface area contributed by atoms with Crippen molar-refractivity contribution in [2.75, 3.05) is 6.61 Å². The van der Waals surface area contributed by atoms with Crippen LogP contribution in [-0.2, 0) is 22.6 Å². The van der Waals surface area contributed by atoms with Gasteiger partial charge in [-0.05, 0) is 60.9 Å². The maximum Gasteiger partial charge on any atom is 0.310 e. The van der Waals surface area contributed by atoms with Crippen LogP contribution in [0.4, 0.5) is 0 Å². The summed E-state index contributed by atoms with van der Waals surface area (Å²) in [4.78, 5) is 25.8. The van der Waals surface area contributed by atoms with Crippen molar-refractivity contribution in [2.45, 2.75) is 39.7 Å². The molecule has 1 heterocycles. The molecule has 1 aromatic heterocycles. The van der Waals surface area contributed by atoms with Gasteiger partial charge in [0.15, 0.2) is 0 Å². The predicted octanol–water partition coefficient (Wildman–Crippen LogP) is 6.10. The fraction of sp³-hybridized carbons (Fsp3) is 0.241. The first-order valence-corrected chi connectivity index (χ1v) is 11.6. The highest BCUT2D eigenvalue weighted by Gasteiger charge is 2.18. The lowest BCUT2D eigenvalue weighted by Crippen LogP contribution is -2.13. The van der Waals surface area contributed by atoms with E-state index in [1.54, 1.807) is 16.7 Å². The van der Waals surface area contributed by atoms with Crippen molar-refractivity contribution in [2.24, 2.45) is 0 Å². The topological polar surface area (TPSA) is 57.5 Å². The lowest BCUT2D eigenvalue weighted by Gasteiger charge is -2.10. The third-order valence-corrected chi connectivity index (χ3v) is 5.77. The van der Waals surface area contributed by atoms with Crippen molar-refractivity contribution < 1.29 is 19.1 Å². The summed E-state index contributed by atoms with van der Waals surface area (Å²) >= 11 is 0. The molecular formula is C29H29NO4. The van der Waals surface area contributed by atoms with Crippen molar-refractivity contribution in [3.8, 4) is 5.75 Å². The van der Waals surface area contributed by atoms with Crippen molar-refractivity contribution in [3.63, 3.8) is 0 Å². The van der Waals surface area contributed by atoms with Crippen molar-refractivity contribution in [1.29, 1.82) is 0 Å². The predicted molar refractivity (Wildman–Crippen MR) is 133 cm³/mol. The fourth-order valence-corrected chi connectivity index (χ4v) is 3.95. The number of esters is 1. The minimum absolute atomic E-state index is 0.114. The maximum absolute atomic E-state index is 13.3. The molecule has 0 saturated heterocycles. The van der Waals surface area contributed by atoms with E-state index in [9.17, 15) is 9.59 Å². The molecule has 0 aliphatic rings. The van der Waals surface area contributed by atoms with Gasteiger partial charge in [-0.25, -0.2) is 0 Å². The van der Waals surface area contributed by atoms with Gasteiger partial charge in [0.1, 0.15) is 12.4 Å². The summed E-state index contributed by atoms with van der Waals surface area (Å²) in [6, 6.07) is 24.5. The molecule has 5 heteroatoms. The third kappa shape index (κ3) is 5.37. The van der Waals surface area contributed by atoms with Gasteiger partial charge >= 0.3 is 5.97 Å². The zero-order chi connectivity index (χ0) is 23.9. The number of fused-ring (bicyclic) bond motifs is 1. The van der Waals surface area contributed by atoms with E-state index in [1.165, 1.54) is 0 Å². The fourth-order valence-electron chi connectivity index (χ4n) is 3.95. The van der Waals surface area contributed by atoms with E-state index < -0.39 is 0 Å². The highest BCUT2D eigenvalue weighted by atomic mass is 16.5. The molecule has 0 aliphatic carbocycles. The number of aryl methyl sites for hydroxylation is 1. The monoisotopic (exact) mass is 455 g/mol. The molecular weight excluding hydrogens is 426 g/mol. The summed E-state index contributed by atoms with van der Waals surface area (Å²) < 4.78 is 12.9. The second kappa shape index (κ2) is 10.8. The van der Waals surface area contributed by atoms with Gasteiger partial charge in [0.2, 0.25) is 0 Å². The van der Waals surface area contributed by atoms with E-state index in [0.717, 1.165) is 46.3 Å². The van der Waals surface area contributed by atoms with E-state index in [2.05, 4.69) is 6.92 Å². The average molecular weight is 456 g/mol. The molecule has 3 aromatic carbocycles. The van der Waals surface area contributed by atoms with Gasteiger partial charge in [0.05, 0.1) is 18.5 Å². The molecule has 0 bridgehead atoms. The van der Waals surface area contributed by atoms with Gasteiger partial charge in [-0.15, -0.1) is 0 Å². The number of rotatable bonds is 9. The van der Waals surface area contributed by atoms with Crippen LogP contribution < -0.4 is 4.74 Å². The molecule has 5 nitrogen and oxygen atoms in total. The molecule has 0 saturated carbocycles. The molecule has 34 heavy (non-hydrogen) atoms. The molecule has 0 amide bonds. The SMILES string of the molecule is CCCCOc1ccc(C(=O)n2c(C)cc3c(CC(=O)OCc4ccccc4)cccc32)cc1. The summed E-state index contributed by atoms with van der Waals surface area (Å²) in [7, 11) is 0. The van der Waals surface area contributed by atoms with Crippen LogP contribution in [0.5, 0.6) is 5.75 Å². The Kier molecular flexibility index (Phi) is 7.43. The number of carbonyl (C=O) groups excluding carboxylic acids is 2. The first kappa shape index (κ1) is 23.3. The number of hydrogen-bond donors (Lipinski definition) is 0. The van der Waals surface area contributed by atoms with Crippen molar-refractivity contribution in [1.82, 2.24) is 4.57 Å². The third-order valence-electron chi connectivity index (χ3n) is 5.77. The number of ether oxygens (including phenoxy) is 2. The molecule has 0 N–H and O–H groups in total. The average Bonchev–Trinajstić information content (AvgIpc) is 3.20. The number of hydrogen-bond acceptors (Lipinski definition) is 4. The van der Waals surface area contributed by atoms with Crippen LogP contribution in [0, 0.1) is 6.92 Å². The Morgan fingerprint density at radius 3 is 2.41 bits per heavy atom. The molecule has 174 valence electrons. The van der Waals surface area contributed by atoms with E-state index in [1.807, 2.05) is 73.7 Å². The Labute approximate surface area is 199 Å². The zero-order valence-corrected chi connectivity index (χ0v) is 19.6. The van der Waals surface area contributed by atoms with Crippen LogP contribution in [0.1, 0.15) is 46.9 Å².